The number of nitrogens with zero attached hydrogens (tertiary/aromatic N) is 2. The molecule has 1 aromatic rings. The molecule has 1 aliphatic heterocycles. The Hall–Kier alpha value is -0.960. The molecule has 0 radical (unpaired) electrons. The molecule has 1 N–H and O–H groups in total. The lowest BCUT2D eigenvalue weighted by molar-refractivity contribution is 0.0798. The summed E-state index contributed by atoms with van der Waals surface area (Å²) in [5.74, 6) is -0.235. The molecular weight excluding hydrogens is 322 g/mol. The van der Waals surface area contributed by atoms with Crippen molar-refractivity contribution in [2.45, 2.75) is 24.2 Å². The number of hydrogen-bond donors (Lipinski definition) is 1. The van der Waals surface area contributed by atoms with Crippen molar-refractivity contribution >= 4 is 27.3 Å². The van der Waals surface area contributed by atoms with Gasteiger partial charge in [0.1, 0.15) is 9.77 Å². The highest BCUT2D eigenvalue weighted by Crippen LogP contribution is 2.28. The van der Waals surface area contributed by atoms with Gasteiger partial charge >= 0.3 is 0 Å². The van der Waals surface area contributed by atoms with Crippen LogP contribution in [0, 0.1) is 0 Å². The lowest BCUT2D eigenvalue weighted by Crippen LogP contribution is -2.37. The van der Waals surface area contributed by atoms with Crippen molar-refractivity contribution in [2.75, 3.05) is 40.3 Å². The van der Waals surface area contributed by atoms with E-state index in [1.807, 2.05) is 7.05 Å². The molecule has 1 aromatic heterocycles. The summed E-state index contributed by atoms with van der Waals surface area (Å²) < 4.78 is 27.0. The molecule has 6 nitrogen and oxygen atoms in total. The molecule has 1 aliphatic rings. The number of likely N-dealkylation sites (N-methyl/N-ethyl adjacent to an activating group) is 2. The molecule has 1 amide bonds. The molecule has 0 spiro atoms. The van der Waals surface area contributed by atoms with E-state index in [-0.39, 0.29) is 10.8 Å². The third-order valence-electron chi connectivity index (χ3n) is 3.80. The van der Waals surface area contributed by atoms with E-state index in [0.29, 0.717) is 31.1 Å². The molecule has 0 aliphatic carbocycles. The Labute approximate surface area is 136 Å². The monoisotopic (exact) mass is 345 g/mol. The number of carbonyl (C=O) groups excluding carboxylic acids is 1. The van der Waals surface area contributed by atoms with Crippen LogP contribution in [-0.2, 0) is 10.0 Å². The SMILES string of the molecule is CNCCN(C)C(=O)c1sccc1S(=O)(=O)N1CCCCC1. The second-order valence-electron chi connectivity index (χ2n) is 5.41. The predicted molar refractivity (Wildman–Crippen MR) is 87.8 cm³/mol. The first-order valence-electron chi connectivity index (χ1n) is 7.46. The molecule has 0 aromatic carbocycles. The maximum atomic E-state index is 12.8. The van der Waals surface area contributed by atoms with E-state index in [9.17, 15) is 13.2 Å². The van der Waals surface area contributed by atoms with Crippen molar-refractivity contribution in [1.82, 2.24) is 14.5 Å². The van der Waals surface area contributed by atoms with Gasteiger partial charge in [-0.3, -0.25) is 4.79 Å². The molecule has 0 atom stereocenters. The van der Waals surface area contributed by atoms with Gasteiger partial charge in [-0.15, -0.1) is 11.3 Å². The third kappa shape index (κ3) is 3.68. The highest BCUT2D eigenvalue weighted by Gasteiger charge is 2.31. The van der Waals surface area contributed by atoms with Crippen LogP contribution in [0.2, 0.25) is 0 Å². The average molecular weight is 345 g/mol. The zero-order valence-electron chi connectivity index (χ0n) is 13.0. The number of amides is 1. The first kappa shape index (κ1) is 17.4. The Bertz CT molecular complexity index is 607. The summed E-state index contributed by atoms with van der Waals surface area (Å²) in [6, 6.07) is 1.55. The first-order chi connectivity index (χ1) is 10.5. The predicted octanol–water partition coefficient (Wildman–Crippen LogP) is 1.21. The van der Waals surface area contributed by atoms with Crippen molar-refractivity contribution < 1.29 is 13.2 Å². The van der Waals surface area contributed by atoms with E-state index in [2.05, 4.69) is 5.32 Å². The van der Waals surface area contributed by atoms with Crippen LogP contribution in [0.1, 0.15) is 28.9 Å². The molecule has 0 bridgehead atoms. The Balaban J connectivity index is 2.23. The Kier molecular flexibility index (Phi) is 5.96. The molecule has 0 saturated carbocycles. The van der Waals surface area contributed by atoms with Crippen molar-refractivity contribution in [2.24, 2.45) is 0 Å². The van der Waals surface area contributed by atoms with E-state index in [0.717, 1.165) is 19.3 Å². The lowest BCUT2D eigenvalue weighted by atomic mass is 10.2. The minimum atomic E-state index is -3.57. The number of thiophene rings is 1. The van der Waals surface area contributed by atoms with Gasteiger partial charge in [-0.2, -0.15) is 4.31 Å². The number of hydrogen-bond acceptors (Lipinski definition) is 5. The number of rotatable bonds is 6. The zero-order chi connectivity index (χ0) is 16.2. The summed E-state index contributed by atoms with van der Waals surface area (Å²) in [6.45, 7) is 2.29. The lowest BCUT2D eigenvalue weighted by Gasteiger charge is -2.26. The summed E-state index contributed by atoms with van der Waals surface area (Å²) in [5.41, 5.74) is 0. The van der Waals surface area contributed by atoms with Crippen molar-refractivity contribution in [3.63, 3.8) is 0 Å². The van der Waals surface area contributed by atoms with Gasteiger partial charge in [0.25, 0.3) is 5.91 Å². The number of piperidine rings is 1. The van der Waals surface area contributed by atoms with Crippen LogP contribution in [0.15, 0.2) is 16.3 Å². The third-order valence-corrected chi connectivity index (χ3v) is 6.77. The van der Waals surface area contributed by atoms with Gasteiger partial charge < -0.3 is 10.2 Å². The van der Waals surface area contributed by atoms with E-state index >= 15 is 0 Å². The highest BCUT2D eigenvalue weighted by atomic mass is 32.2. The second-order valence-corrected chi connectivity index (χ2v) is 8.23. The fourth-order valence-corrected chi connectivity index (χ4v) is 5.36. The van der Waals surface area contributed by atoms with Gasteiger partial charge in [-0.1, -0.05) is 6.42 Å². The van der Waals surface area contributed by atoms with Crippen LogP contribution in [0.3, 0.4) is 0 Å². The van der Waals surface area contributed by atoms with Crippen molar-refractivity contribution in [1.29, 1.82) is 0 Å². The summed E-state index contributed by atoms with van der Waals surface area (Å²) in [4.78, 5) is 14.5. The molecule has 0 unspecified atom stereocenters. The van der Waals surface area contributed by atoms with Crippen LogP contribution in [0.5, 0.6) is 0 Å². The minimum Gasteiger partial charge on any atom is -0.340 e. The summed E-state index contributed by atoms with van der Waals surface area (Å²) in [7, 11) is -0.0614. The molecule has 1 saturated heterocycles. The molecule has 124 valence electrons. The van der Waals surface area contributed by atoms with Crippen LogP contribution in [0.25, 0.3) is 0 Å². The smallest absolute Gasteiger partial charge is 0.265 e. The molecular formula is C14H23N3O3S2. The number of carbonyl (C=O) groups is 1. The molecule has 1 fully saturated rings. The Morgan fingerprint density at radius 2 is 2.05 bits per heavy atom. The van der Waals surface area contributed by atoms with Crippen molar-refractivity contribution in [3.05, 3.63) is 16.3 Å². The van der Waals surface area contributed by atoms with Crippen LogP contribution < -0.4 is 5.32 Å². The van der Waals surface area contributed by atoms with E-state index in [1.165, 1.54) is 15.6 Å². The molecule has 22 heavy (non-hydrogen) atoms. The van der Waals surface area contributed by atoms with E-state index in [1.54, 1.807) is 23.4 Å². The Morgan fingerprint density at radius 3 is 2.68 bits per heavy atom. The van der Waals surface area contributed by atoms with Gasteiger partial charge in [-0.05, 0) is 31.3 Å². The molecule has 2 rings (SSSR count). The van der Waals surface area contributed by atoms with Gasteiger partial charge in [0.15, 0.2) is 0 Å². The Morgan fingerprint density at radius 1 is 1.36 bits per heavy atom. The summed E-state index contributed by atoms with van der Waals surface area (Å²) >= 11 is 1.19. The number of nitrogens with one attached hydrogen (secondary N) is 1. The average Bonchev–Trinajstić information content (AvgIpc) is 3.03. The fraction of sp³-hybridized carbons (Fsp3) is 0.643. The van der Waals surface area contributed by atoms with E-state index in [4.69, 9.17) is 0 Å². The minimum absolute atomic E-state index is 0.153. The van der Waals surface area contributed by atoms with Crippen LogP contribution in [0.4, 0.5) is 0 Å². The normalized spacial score (nSPS) is 16.6. The molecule has 2 heterocycles. The maximum absolute atomic E-state index is 12.8. The van der Waals surface area contributed by atoms with Gasteiger partial charge in [-0.25, -0.2) is 8.42 Å². The standard InChI is InChI=1S/C14H23N3O3S2/c1-15-7-10-16(2)14(18)13-12(6-11-21-13)22(19,20)17-8-4-3-5-9-17/h6,11,15H,3-5,7-10H2,1-2H3. The van der Waals surface area contributed by atoms with Gasteiger partial charge in [0, 0.05) is 33.2 Å². The second kappa shape index (κ2) is 7.54. The largest absolute Gasteiger partial charge is 0.340 e. The van der Waals surface area contributed by atoms with Crippen LogP contribution in [-0.4, -0.2) is 63.8 Å². The first-order valence-corrected chi connectivity index (χ1v) is 9.78. The zero-order valence-corrected chi connectivity index (χ0v) is 14.7. The van der Waals surface area contributed by atoms with Crippen LogP contribution >= 0.6 is 11.3 Å². The summed E-state index contributed by atoms with van der Waals surface area (Å²) in [6.07, 6.45) is 2.83. The van der Waals surface area contributed by atoms with E-state index < -0.39 is 10.0 Å². The topological polar surface area (TPSA) is 69.7 Å². The summed E-state index contributed by atoms with van der Waals surface area (Å²) in [5, 5.41) is 4.65. The van der Waals surface area contributed by atoms with Gasteiger partial charge in [0.05, 0.1) is 0 Å². The quantitative estimate of drug-likeness (QED) is 0.841. The highest BCUT2D eigenvalue weighted by molar-refractivity contribution is 7.89. The fourth-order valence-electron chi connectivity index (χ4n) is 2.46. The maximum Gasteiger partial charge on any atom is 0.265 e. The van der Waals surface area contributed by atoms with Gasteiger partial charge in [0.2, 0.25) is 10.0 Å². The number of sulfonamides is 1. The molecule has 8 heteroatoms. The van der Waals surface area contributed by atoms with Crippen molar-refractivity contribution in [3.8, 4) is 0 Å².